The Morgan fingerprint density at radius 2 is 2.08 bits per heavy atom. The van der Waals surface area contributed by atoms with Crippen molar-refractivity contribution in [2.75, 3.05) is 11.9 Å². The minimum Gasteiger partial charge on any atom is -0.467 e. The average Bonchev–Trinajstić information content (AvgIpc) is 3.56. The van der Waals surface area contributed by atoms with Crippen LogP contribution in [0.25, 0.3) is 0 Å². The number of hydrogen-bond donors (Lipinski definition) is 4. The number of nitrogens with one attached hydrogen (secondary N) is 2. The molecule has 5 atom stereocenters. The predicted molar refractivity (Wildman–Crippen MR) is 140 cm³/mol. The highest BCUT2D eigenvalue weighted by molar-refractivity contribution is 7.15. The maximum absolute atomic E-state index is 13.7. The molecule has 1 saturated carbocycles. The fourth-order valence-corrected chi connectivity index (χ4v) is 7.42. The first-order valence-corrected chi connectivity index (χ1v) is 13.6. The molecule has 3 aromatic rings. The first-order valence-electron chi connectivity index (χ1n) is 12.8. The van der Waals surface area contributed by atoms with Gasteiger partial charge in [0.05, 0.1) is 31.2 Å². The average molecular weight is 542 g/mol. The van der Waals surface area contributed by atoms with Crippen molar-refractivity contribution in [2.45, 2.75) is 58.1 Å². The summed E-state index contributed by atoms with van der Waals surface area (Å²) in [7, 11) is 0. The van der Waals surface area contributed by atoms with Gasteiger partial charge >= 0.3 is 0 Å². The second-order valence-corrected chi connectivity index (χ2v) is 12.0. The number of halogens is 1. The highest BCUT2D eigenvalue weighted by Gasteiger charge is 2.59. The third-order valence-electron chi connectivity index (χ3n) is 8.63. The van der Waals surface area contributed by atoms with Crippen molar-refractivity contribution in [3.63, 3.8) is 0 Å². The van der Waals surface area contributed by atoms with Gasteiger partial charge in [-0.25, -0.2) is 9.37 Å². The van der Waals surface area contributed by atoms with E-state index in [4.69, 9.17) is 9.40 Å². The van der Waals surface area contributed by atoms with Gasteiger partial charge in [-0.2, -0.15) is 0 Å². The Labute approximate surface area is 224 Å². The topological polar surface area (TPSA) is 125 Å². The zero-order valence-electron chi connectivity index (χ0n) is 21.4. The van der Waals surface area contributed by atoms with Crippen molar-refractivity contribution < 1.29 is 28.6 Å². The Hall–Kier alpha value is -3.08. The molecule has 8 nitrogen and oxygen atoms in total. The number of aromatic nitrogens is 1. The predicted octanol–water partition coefficient (Wildman–Crippen LogP) is 4.25. The number of carbonyl (C=O) groups is 2. The monoisotopic (exact) mass is 541 g/mol. The van der Waals surface area contributed by atoms with Crippen LogP contribution < -0.4 is 10.6 Å². The Bertz CT molecular complexity index is 1330. The minimum absolute atomic E-state index is 0.105. The molecule has 0 radical (unpaired) electrons. The molecule has 0 bridgehead atoms. The van der Waals surface area contributed by atoms with Crippen LogP contribution in [-0.2, 0) is 17.8 Å². The fourth-order valence-electron chi connectivity index (χ4n) is 6.35. The minimum atomic E-state index is -0.747. The molecule has 4 N–H and O–H groups in total. The fraction of sp³-hybridized carbons (Fsp3) is 0.464. The zero-order chi connectivity index (χ0) is 27.1. The molecule has 0 aliphatic heterocycles. The first-order chi connectivity index (χ1) is 18.1. The van der Waals surface area contributed by atoms with Gasteiger partial charge in [0.15, 0.2) is 5.13 Å². The molecular formula is C28H32FN3O5S. The van der Waals surface area contributed by atoms with Crippen LogP contribution in [0.1, 0.15) is 65.7 Å². The number of anilines is 1. The van der Waals surface area contributed by atoms with E-state index >= 15 is 0 Å². The van der Waals surface area contributed by atoms with E-state index < -0.39 is 28.7 Å². The van der Waals surface area contributed by atoms with E-state index in [2.05, 4.69) is 17.6 Å². The van der Waals surface area contributed by atoms with Crippen molar-refractivity contribution in [2.24, 2.45) is 16.7 Å². The lowest BCUT2D eigenvalue weighted by molar-refractivity contribution is -0.144. The molecule has 10 heteroatoms. The summed E-state index contributed by atoms with van der Waals surface area (Å²) in [6.07, 6.45) is 2.81. The Kier molecular flexibility index (Phi) is 7.15. The van der Waals surface area contributed by atoms with Gasteiger partial charge in [-0.3, -0.25) is 14.9 Å². The lowest BCUT2D eigenvalue weighted by Crippen LogP contribution is -2.57. The molecular weight excluding hydrogens is 509 g/mol. The molecule has 38 heavy (non-hydrogen) atoms. The molecule has 2 amide bonds. The van der Waals surface area contributed by atoms with Gasteiger partial charge in [0.2, 0.25) is 5.91 Å². The number of nitrogens with zero attached hydrogens (tertiary/aromatic N) is 1. The number of rotatable bonds is 7. The van der Waals surface area contributed by atoms with Gasteiger partial charge in [-0.05, 0) is 60.9 Å². The van der Waals surface area contributed by atoms with Crippen molar-refractivity contribution >= 4 is 28.3 Å². The van der Waals surface area contributed by atoms with Gasteiger partial charge in [0.25, 0.3) is 5.91 Å². The summed E-state index contributed by atoms with van der Waals surface area (Å²) in [5.41, 5.74) is -0.219. The molecule has 0 spiro atoms. The van der Waals surface area contributed by atoms with Gasteiger partial charge in [0, 0.05) is 28.2 Å². The summed E-state index contributed by atoms with van der Waals surface area (Å²) in [4.78, 5) is 31.6. The molecule has 2 aliphatic rings. The number of amides is 2. The summed E-state index contributed by atoms with van der Waals surface area (Å²) in [6.45, 7) is 4.12. The van der Waals surface area contributed by atoms with Gasteiger partial charge in [-0.1, -0.05) is 19.9 Å². The number of hydrogen-bond acceptors (Lipinski definition) is 7. The first kappa shape index (κ1) is 26.5. The number of benzene rings is 1. The summed E-state index contributed by atoms with van der Waals surface area (Å²) in [6, 6.07) is 9.00. The molecule has 1 aromatic carbocycles. The summed E-state index contributed by atoms with van der Waals surface area (Å²) >= 11 is 1.32. The SMILES string of the molecule is CC1(CO)C(O)CCC2(C)C(CC(=O)NCc3ccco3)c3nc(NC(=O)c4cccc(F)c4)sc3CC12. The van der Waals surface area contributed by atoms with Gasteiger partial charge < -0.3 is 19.9 Å². The largest absolute Gasteiger partial charge is 0.467 e. The quantitative estimate of drug-likeness (QED) is 0.355. The van der Waals surface area contributed by atoms with Crippen molar-refractivity contribution in [1.82, 2.24) is 10.3 Å². The molecule has 2 aliphatic carbocycles. The lowest BCUT2D eigenvalue weighted by Gasteiger charge is -2.58. The third-order valence-corrected chi connectivity index (χ3v) is 9.64. The van der Waals surface area contributed by atoms with Crippen LogP contribution in [0.3, 0.4) is 0 Å². The van der Waals surface area contributed by atoms with Gasteiger partial charge in [0.1, 0.15) is 11.6 Å². The summed E-state index contributed by atoms with van der Waals surface area (Å²) < 4.78 is 19.0. The summed E-state index contributed by atoms with van der Waals surface area (Å²) in [5.74, 6) is -0.877. The van der Waals surface area contributed by atoms with Crippen LogP contribution in [0.4, 0.5) is 9.52 Å². The molecule has 202 valence electrons. The van der Waals surface area contributed by atoms with Gasteiger partial charge in [-0.15, -0.1) is 11.3 Å². The van der Waals surface area contributed by atoms with E-state index in [1.54, 1.807) is 18.4 Å². The number of aliphatic hydroxyl groups excluding tert-OH is 2. The smallest absolute Gasteiger partial charge is 0.257 e. The Morgan fingerprint density at radius 1 is 1.26 bits per heavy atom. The van der Waals surface area contributed by atoms with E-state index in [1.165, 1.54) is 35.6 Å². The molecule has 2 aromatic heterocycles. The van der Waals surface area contributed by atoms with Crippen LogP contribution in [-0.4, -0.2) is 39.7 Å². The van der Waals surface area contributed by atoms with Crippen molar-refractivity contribution in [1.29, 1.82) is 0 Å². The van der Waals surface area contributed by atoms with E-state index in [0.29, 0.717) is 30.2 Å². The Morgan fingerprint density at radius 3 is 2.79 bits per heavy atom. The number of furan rings is 1. The second-order valence-electron chi connectivity index (χ2n) is 10.9. The van der Waals surface area contributed by atoms with E-state index in [-0.39, 0.29) is 42.9 Å². The number of fused-ring (bicyclic) bond motifs is 2. The molecule has 1 fully saturated rings. The maximum atomic E-state index is 13.7. The van der Waals surface area contributed by atoms with Crippen molar-refractivity contribution in [3.05, 3.63) is 70.4 Å². The Balaban J connectivity index is 1.46. The van der Waals surface area contributed by atoms with E-state index in [9.17, 15) is 24.2 Å². The molecule has 5 unspecified atom stereocenters. The normalized spacial score (nSPS) is 28.3. The number of thiazole rings is 1. The standard InChI is InChI=1S/C28H32FN3O5S/c1-27-9-8-22(34)28(2,15-33)21(27)13-20-24(19(27)12-23(35)30-14-18-7-4-10-37-18)31-26(38-20)32-25(36)16-5-3-6-17(29)11-16/h3-7,10-11,19,21-22,33-34H,8-9,12-15H2,1-2H3,(H,30,35)(H,31,32,36). The highest BCUT2D eigenvalue weighted by Crippen LogP contribution is 2.62. The summed E-state index contributed by atoms with van der Waals surface area (Å²) in [5, 5.41) is 27.4. The number of aliphatic hydroxyl groups is 2. The van der Waals surface area contributed by atoms with Crippen molar-refractivity contribution in [3.8, 4) is 0 Å². The highest BCUT2D eigenvalue weighted by atomic mass is 32.1. The maximum Gasteiger partial charge on any atom is 0.257 e. The second kappa shape index (κ2) is 10.2. The molecule has 2 heterocycles. The lowest BCUT2D eigenvalue weighted by atomic mass is 9.47. The van der Waals surface area contributed by atoms with Crippen LogP contribution in [0.2, 0.25) is 0 Å². The van der Waals surface area contributed by atoms with Crippen LogP contribution in [0.5, 0.6) is 0 Å². The molecule has 0 saturated heterocycles. The van der Waals surface area contributed by atoms with Crippen LogP contribution in [0.15, 0.2) is 47.1 Å². The van der Waals surface area contributed by atoms with Crippen LogP contribution in [0, 0.1) is 22.6 Å². The zero-order valence-corrected chi connectivity index (χ0v) is 22.2. The number of carbonyl (C=O) groups excluding carboxylic acids is 2. The van der Waals surface area contributed by atoms with Crippen LogP contribution >= 0.6 is 11.3 Å². The molecule has 5 rings (SSSR count). The van der Waals surface area contributed by atoms with E-state index in [1.807, 2.05) is 6.92 Å². The third kappa shape index (κ3) is 4.76. The van der Waals surface area contributed by atoms with E-state index in [0.717, 1.165) is 10.6 Å².